The van der Waals surface area contributed by atoms with Crippen molar-refractivity contribution in [3.8, 4) is 0 Å². The smallest absolute Gasteiger partial charge is 0.124 e. The summed E-state index contributed by atoms with van der Waals surface area (Å²) in [4.78, 5) is 2.23. The van der Waals surface area contributed by atoms with Gasteiger partial charge in [0, 0.05) is 24.3 Å². The van der Waals surface area contributed by atoms with Crippen LogP contribution in [0.3, 0.4) is 0 Å². The van der Waals surface area contributed by atoms with Crippen LogP contribution in [0.5, 0.6) is 0 Å². The Kier molecular flexibility index (Phi) is 3.10. The molecule has 1 aliphatic heterocycles. The topological polar surface area (TPSA) is 62.3 Å². The molecule has 0 spiro atoms. The SMILES string of the molecule is Cc1ccc(C(=N)N)c(N2CCOCC2)c1. The Labute approximate surface area is 95.5 Å². The van der Waals surface area contributed by atoms with Crippen molar-refractivity contribution in [3.05, 3.63) is 29.3 Å². The number of nitrogens with zero attached hydrogens (tertiary/aromatic N) is 1. The highest BCUT2D eigenvalue weighted by molar-refractivity contribution is 6.00. The summed E-state index contributed by atoms with van der Waals surface area (Å²) in [6.45, 7) is 5.26. The zero-order chi connectivity index (χ0) is 11.5. The van der Waals surface area contributed by atoms with Crippen LogP contribution >= 0.6 is 0 Å². The third kappa shape index (κ3) is 2.17. The first-order valence-electron chi connectivity index (χ1n) is 5.46. The molecule has 1 saturated heterocycles. The molecule has 0 atom stereocenters. The second kappa shape index (κ2) is 4.53. The van der Waals surface area contributed by atoms with Gasteiger partial charge in [0.15, 0.2) is 0 Å². The number of ether oxygens (including phenoxy) is 1. The fourth-order valence-electron chi connectivity index (χ4n) is 1.94. The minimum atomic E-state index is 0.126. The van der Waals surface area contributed by atoms with E-state index in [0.717, 1.165) is 37.6 Å². The van der Waals surface area contributed by atoms with Crippen LogP contribution in [0, 0.1) is 12.3 Å². The van der Waals surface area contributed by atoms with Crippen molar-refractivity contribution in [2.75, 3.05) is 31.2 Å². The van der Waals surface area contributed by atoms with Gasteiger partial charge in [-0.1, -0.05) is 6.07 Å². The Hall–Kier alpha value is -1.55. The van der Waals surface area contributed by atoms with E-state index in [2.05, 4.69) is 11.0 Å². The van der Waals surface area contributed by atoms with Crippen LogP contribution in [0.2, 0.25) is 0 Å². The van der Waals surface area contributed by atoms with E-state index in [-0.39, 0.29) is 5.84 Å². The molecule has 1 heterocycles. The number of nitrogens with two attached hydrogens (primary N) is 1. The quantitative estimate of drug-likeness (QED) is 0.578. The highest BCUT2D eigenvalue weighted by atomic mass is 16.5. The number of nitrogen functional groups attached to an aromatic ring is 1. The molecule has 2 rings (SSSR count). The molecule has 0 radical (unpaired) electrons. The van der Waals surface area contributed by atoms with Crippen molar-refractivity contribution in [2.24, 2.45) is 5.73 Å². The van der Waals surface area contributed by atoms with E-state index in [1.807, 2.05) is 19.1 Å². The average Bonchev–Trinajstić information content (AvgIpc) is 2.29. The van der Waals surface area contributed by atoms with E-state index in [9.17, 15) is 0 Å². The third-order valence-electron chi connectivity index (χ3n) is 2.80. The van der Waals surface area contributed by atoms with E-state index in [1.54, 1.807) is 0 Å². The van der Waals surface area contributed by atoms with Crippen LogP contribution in [0.1, 0.15) is 11.1 Å². The average molecular weight is 219 g/mol. The van der Waals surface area contributed by atoms with Gasteiger partial charge in [0.2, 0.25) is 0 Å². The fraction of sp³-hybridized carbons (Fsp3) is 0.417. The second-order valence-corrected chi connectivity index (χ2v) is 4.03. The molecule has 0 bridgehead atoms. The normalized spacial score (nSPS) is 16.2. The van der Waals surface area contributed by atoms with Crippen LogP contribution in [-0.2, 0) is 4.74 Å². The van der Waals surface area contributed by atoms with Crippen LogP contribution in [0.15, 0.2) is 18.2 Å². The van der Waals surface area contributed by atoms with Gasteiger partial charge < -0.3 is 15.4 Å². The molecule has 0 saturated carbocycles. The van der Waals surface area contributed by atoms with Gasteiger partial charge in [-0.3, -0.25) is 5.41 Å². The number of hydrogen-bond acceptors (Lipinski definition) is 3. The lowest BCUT2D eigenvalue weighted by Crippen LogP contribution is -2.37. The molecule has 86 valence electrons. The number of aryl methyl sites for hydroxylation is 1. The number of hydrogen-bond donors (Lipinski definition) is 2. The van der Waals surface area contributed by atoms with E-state index >= 15 is 0 Å². The van der Waals surface area contributed by atoms with E-state index < -0.39 is 0 Å². The van der Waals surface area contributed by atoms with Crippen molar-refractivity contribution in [3.63, 3.8) is 0 Å². The Bertz CT molecular complexity index is 397. The van der Waals surface area contributed by atoms with E-state index in [4.69, 9.17) is 15.9 Å². The summed E-state index contributed by atoms with van der Waals surface area (Å²) in [5.41, 5.74) is 8.65. The minimum Gasteiger partial charge on any atom is -0.384 e. The van der Waals surface area contributed by atoms with Crippen LogP contribution in [0.25, 0.3) is 0 Å². The van der Waals surface area contributed by atoms with Crippen molar-refractivity contribution in [2.45, 2.75) is 6.92 Å². The number of nitrogens with one attached hydrogen (secondary N) is 1. The minimum absolute atomic E-state index is 0.126. The second-order valence-electron chi connectivity index (χ2n) is 4.03. The molecule has 1 aromatic carbocycles. The third-order valence-corrected chi connectivity index (χ3v) is 2.80. The fourth-order valence-corrected chi connectivity index (χ4v) is 1.94. The van der Waals surface area contributed by atoms with Crippen molar-refractivity contribution < 1.29 is 4.74 Å². The summed E-state index contributed by atoms with van der Waals surface area (Å²) in [7, 11) is 0. The molecule has 4 heteroatoms. The molecule has 1 aromatic rings. The number of amidine groups is 1. The number of benzene rings is 1. The van der Waals surface area contributed by atoms with E-state index in [0.29, 0.717) is 0 Å². The molecule has 1 fully saturated rings. The van der Waals surface area contributed by atoms with Gasteiger partial charge in [0.05, 0.1) is 13.2 Å². The summed E-state index contributed by atoms with van der Waals surface area (Å²) < 4.78 is 5.33. The van der Waals surface area contributed by atoms with Gasteiger partial charge in [-0.25, -0.2) is 0 Å². The largest absolute Gasteiger partial charge is 0.384 e. The first-order valence-corrected chi connectivity index (χ1v) is 5.46. The zero-order valence-corrected chi connectivity index (χ0v) is 9.49. The number of morpholine rings is 1. The first kappa shape index (κ1) is 11.0. The maximum Gasteiger partial charge on any atom is 0.124 e. The van der Waals surface area contributed by atoms with Gasteiger partial charge in [0.25, 0.3) is 0 Å². The van der Waals surface area contributed by atoms with Gasteiger partial charge in [-0.15, -0.1) is 0 Å². The molecule has 1 aliphatic rings. The van der Waals surface area contributed by atoms with Gasteiger partial charge >= 0.3 is 0 Å². The van der Waals surface area contributed by atoms with Crippen LogP contribution in [0.4, 0.5) is 5.69 Å². The summed E-state index contributed by atoms with van der Waals surface area (Å²) in [6.07, 6.45) is 0. The highest BCUT2D eigenvalue weighted by Gasteiger charge is 2.15. The first-order chi connectivity index (χ1) is 7.68. The Morgan fingerprint density at radius 1 is 1.38 bits per heavy atom. The molecule has 0 aliphatic carbocycles. The number of anilines is 1. The molecular weight excluding hydrogens is 202 g/mol. The predicted molar refractivity (Wildman–Crippen MR) is 65.2 cm³/mol. The predicted octanol–water partition coefficient (Wildman–Crippen LogP) is 1.12. The van der Waals surface area contributed by atoms with Crippen LogP contribution in [-0.4, -0.2) is 32.1 Å². The molecule has 16 heavy (non-hydrogen) atoms. The summed E-state index contributed by atoms with van der Waals surface area (Å²) in [5.74, 6) is 0.126. The van der Waals surface area contributed by atoms with Crippen molar-refractivity contribution in [1.29, 1.82) is 5.41 Å². The Balaban J connectivity index is 2.36. The monoisotopic (exact) mass is 219 g/mol. The maximum atomic E-state index is 7.59. The maximum absolute atomic E-state index is 7.59. The van der Waals surface area contributed by atoms with Gasteiger partial charge in [-0.2, -0.15) is 0 Å². The van der Waals surface area contributed by atoms with Crippen LogP contribution < -0.4 is 10.6 Å². The molecule has 3 N–H and O–H groups in total. The standard InChI is InChI=1S/C12H17N3O/c1-9-2-3-10(12(13)14)11(8-9)15-4-6-16-7-5-15/h2-3,8H,4-7H2,1H3,(H3,13,14). The lowest BCUT2D eigenvalue weighted by atomic mass is 10.1. The van der Waals surface area contributed by atoms with Crippen molar-refractivity contribution in [1.82, 2.24) is 0 Å². The highest BCUT2D eigenvalue weighted by Crippen LogP contribution is 2.22. The molecule has 4 nitrogen and oxygen atoms in total. The zero-order valence-electron chi connectivity index (χ0n) is 9.49. The Morgan fingerprint density at radius 2 is 2.06 bits per heavy atom. The molecule has 0 amide bonds. The van der Waals surface area contributed by atoms with Gasteiger partial charge in [0.1, 0.15) is 5.84 Å². The number of rotatable bonds is 2. The van der Waals surface area contributed by atoms with E-state index in [1.165, 1.54) is 5.56 Å². The summed E-state index contributed by atoms with van der Waals surface area (Å²) in [6, 6.07) is 5.99. The van der Waals surface area contributed by atoms with Crippen molar-refractivity contribution >= 4 is 11.5 Å². The lowest BCUT2D eigenvalue weighted by Gasteiger charge is -2.30. The molecule has 0 unspecified atom stereocenters. The molecule has 0 aromatic heterocycles. The summed E-state index contributed by atoms with van der Waals surface area (Å²) >= 11 is 0. The Morgan fingerprint density at radius 3 is 2.69 bits per heavy atom. The molecular formula is C12H17N3O. The van der Waals surface area contributed by atoms with Gasteiger partial charge in [-0.05, 0) is 24.6 Å². The lowest BCUT2D eigenvalue weighted by molar-refractivity contribution is 0.122. The summed E-state index contributed by atoms with van der Waals surface area (Å²) in [5, 5.41) is 7.59.